The summed E-state index contributed by atoms with van der Waals surface area (Å²) in [6.45, 7) is 1.09. The van der Waals surface area contributed by atoms with Gasteiger partial charge in [-0.15, -0.1) is 0 Å². The van der Waals surface area contributed by atoms with Gasteiger partial charge in [-0.25, -0.2) is 13.4 Å². The second-order valence-corrected chi connectivity index (χ2v) is 7.23. The number of nitrogens with zero attached hydrogens (tertiary/aromatic N) is 2. The largest absolute Gasteiger partial charge is 0.396 e. The van der Waals surface area contributed by atoms with Crippen molar-refractivity contribution in [1.29, 1.82) is 0 Å². The Labute approximate surface area is 112 Å². The van der Waals surface area contributed by atoms with Crippen LogP contribution in [0.3, 0.4) is 0 Å². The van der Waals surface area contributed by atoms with Gasteiger partial charge in [0.1, 0.15) is 0 Å². The third-order valence-electron chi connectivity index (χ3n) is 3.12. The zero-order chi connectivity index (χ0) is 13.2. The number of anilines is 1. The normalized spacial score (nSPS) is 18.9. The molecule has 2 rings (SSSR count). The molecule has 100 valence electrons. The topological polar surface area (TPSA) is 76.3 Å². The summed E-state index contributed by atoms with van der Waals surface area (Å²) >= 11 is 1.80. The van der Waals surface area contributed by atoms with Gasteiger partial charge in [-0.2, -0.15) is 16.1 Å². The van der Waals surface area contributed by atoms with Crippen molar-refractivity contribution in [2.24, 2.45) is 0 Å². The molecule has 0 bridgehead atoms. The average Bonchev–Trinajstić information content (AvgIpc) is 2.39. The molecule has 0 unspecified atom stereocenters. The number of aromatic nitrogens is 1. The Balaban J connectivity index is 2.20. The van der Waals surface area contributed by atoms with E-state index >= 15 is 0 Å². The van der Waals surface area contributed by atoms with Crippen LogP contribution in [0.1, 0.15) is 12.8 Å². The minimum Gasteiger partial charge on any atom is -0.396 e. The molecule has 5 nitrogen and oxygen atoms in total. The number of hydrogen-bond acceptors (Lipinski definition) is 5. The summed E-state index contributed by atoms with van der Waals surface area (Å²) in [4.78, 5) is 3.90. The number of rotatable bonds is 3. The summed E-state index contributed by atoms with van der Waals surface area (Å²) in [6, 6.07) is 3.20. The molecule has 7 heteroatoms. The molecule has 1 fully saturated rings. The third kappa shape index (κ3) is 2.62. The maximum Gasteiger partial charge on any atom is 0.262 e. The average molecular weight is 287 g/mol. The minimum absolute atomic E-state index is 0.0207. The fraction of sp³-hybridized carbons (Fsp3) is 0.545. The van der Waals surface area contributed by atoms with Crippen molar-refractivity contribution >= 4 is 27.5 Å². The van der Waals surface area contributed by atoms with E-state index in [4.69, 9.17) is 5.73 Å². The molecule has 0 aromatic carbocycles. The summed E-state index contributed by atoms with van der Waals surface area (Å²) in [5.41, 5.74) is 5.91. The molecular formula is C11H17N3O2S2. The monoisotopic (exact) mass is 287 g/mol. The Bertz CT molecular complexity index is 511. The molecule has 1 saturated heterocycles. The quantitative estimate of drug-likeness (QED) is 0.903. The molecule has 0 atom stereocenters. The van der Waals surface area contributed by atoms with Gasteiger partial charge in [-0.3, -0.25) is 0 Å². The molecule has 1 aromatic rings. The van der Waals surface area contributed by atoms with Crippen LogP contribution in [0.5, 0.6) is 0 Å². The number of thioether (sulfide) groups is 1. The van der Waals surface area contributed by atoms with Crippen LogP contribution in [-0.4, -0.2) is 42.3 Å². The molecular weight excluding hydrogens is 270 g/mol. The molecule has 18 heavy (non-hydrogen) atoms. The van der Waals surface area contributed by atoms with E-state index in [-0.39, 0.29) is 10.7 Å². The summed E-state index contributed by atoms with van der Waals surface area (Å²) in [5.74, 6) is 0. The van der Waals surface area contributed by atoms with Crippen LogP contribution in [0.15, 0.2) is 23.4 Å². The Morgan fingerprint density at radius 1 is 1.44 bits per heavy atom. The van der Waals surface area contributed by atoms with Gasteiger partial charge in [0, 0.05) is 24.5 Å². The SMILES string of the molecule is CSC1CCN(S(=O)(=O)c2ncccc2N)CC1. The highest BCUT2D eigenvalue weighted by atomic mass is 32.2. The fourth-order valence-electron chi connectivity index (χ4n) is 2.05. The zero-order valence-electron chi connectivity index (χ0n) is 10.2. The zero-order valence-corrected chi connectivity index (χ0v) is 11.9. The van der Waals surface area contributed by atoms with Crippen molar-refractivity contribution in [1.82, 2.24) is 9.29 Å². The molecule has 1 aromatic heterocycles. The molecule has 1 aliphatic heterocycles. The summed E-state index contributed by atoms with van der Waals surface area (Å²) in [7, 11) is -3.54. The van der Waals surface area contributed by atoms with Crippen LogP contribution in [0.4, 0.5) is 5.69 Å². The molecule has 0 saturated carbocycles. The van der Waals surface area contributed by atoms with Gasteiger partial charge >= 0.3 is 0 Å². The van der Waals surface area contributed by atoms with E-state index in [2.05, 4.69) is 11.2 Å². The maximum atomic E-state index is 12.4. The molecule has 2 heterocycles. The molecule has 0 aliphatic carbocycles. The van der Waals surface area contributed by atoms with Crippen molar-refractivity contribution < 1.29 is 8.42 Å². The van der Waals surface area contributed by atoms with Crippen LogP contribution in [-0.2, 0) is 10.0 Å². The highest BCUT2D eigenvalue weighted by Gasteiger charge is 2.31. The molecule has 2 N–H and O–H groups in total. The summed E-state index contributed by atoms with van der Waals surface area (Å²) in [5, 5.41) is 0.533. The lowest BCUT2D eigenvalue weighted by atomic mass is 10.2. The van der Waals surface area contributed by atoms with E-state index in [1.165, 1.54) is 10.5 Å². The third-order valence-corrected chi connectivity index (χ3v) is 6.13. The second kappa shape index (κ2) is 5.46. The van der Waals surface area contributed by atoms with E-state index < -0.39 is 10.0 Å². The van der Waals surface area contributed by atoms with Crippen LogP contribution < -0.4 is 5.73 Å². The maximum absolute atomic E-state index is 12.4. The van der Waals surface area contributed by atoms with Crippen LogP contribution in [0.2, 0.25) is 0 Å². The summed E-state index contributed by atoms with van der Waals surface area (Å²) < 4.78 is 26.2. The van der Waals surface area contributed by atoms with Gasteiger partial charge in [-0.05, 0) is 31.2 Å². The summed E-state index contributed by atoms with van der Waals surface area (Å²) in [6.07, 6.45) is 5.28. The number of sulfonamides is 1. The first-order valence-corrected chi connectivity index (χ1v) is 8.52. The Morgan fingerprint density at radius 2 is 2.11 bits per heavy atom. The molecule has 1 aliphatic rings. The van der Waals surface area contributed by atoms with Crippen LogP contribution in [0.25, 0.3) is 0 Å². The van der Waals surface area contributed by atoms with Gasteiger partial charge in [0.05, 0.1) is 5.69 Å². The van der Waals surface area contributed by atoms with E-state index in [9.17, 15) is 8.42 Å². The number of hydrogen-bond donors (Lipinski definition) is 1. The predicted molar refractivity (Wildman–Crippen MR) is 73.9 cm³/mol. The first-order chi connectivity index (χ1) is 8.55. The van der Waals surface area contributed by atoms with Gasteiger partial charge in [-0.1, -0.05) is 0 Å². The standard InChI is InChI=1S/C11H17N3O2S2/c1-17-9-4-7-14(8-5-9)18(15,16)11-10(12)3-2-6-13-11/h2-3,6,9H,4-5,7-8,12H2,1H3. The lowest BCUT2D eigenvalue weighted by molar-refractivity contribution is 0.351. The van der Waals surface area contributed by atoms with Crippen molar-refractivity contribution in [3.63, 3.8) is 0 Å². The van der Waals surface area contributed by atoms with Crippen LogP contribution in [0, 0.1) is 0 Å². The van der Waals surface area contributed by atoms with Gasteiger partial charge < -0.3 is 5.73 Å². The highest BCUT2D eigenvalue weighted by molar-refractivity contribution is 7.99. The Hall–Kier alpha value is -0.790. The lowest BCUT2D eigenvalue weighted by Gasteiger charge is -2.30. The highest BCUT2D eigenvalue weighted by Crippen LogP contribution is 2.26. The van der Waals surface area contributed by atoms with Gasteiger partial charge in [0.15, 0.2) is 5.03 Å². The Morgan fingerprint density at radius 3 is 2.67 bits per heavy atom. The van der Waals surface area contributed by atoms with Crippen molar-refractivity contribution in [3.8, 4) is 0 Å². The minimum atomic E-state index is -3.54. The second-order valence-electron chi connectivity index (χ2n) is 4.24. The smallest absolute Gasteiger partial charge is 0.262 e. The molecule has 0 spiro atoms. The van der Waals surface area contributed by atoms with Crippen molar-refractivity contribution in [2.45, 2.75) is 23.1 Å². The lowest BCUT2D eigenvalue weighted by Crippen LogP contribution is -2.39. The van der Waals surface area contributed by atoms with Crippen LogP contribution >= 0.6 is 11.8 Å². The van der Waals surface area contributed by atoms with Gasteiger partial charge in [0.25, 0.3) is 10.0 Å². The van der Waals surface area contributed by atoms with E-state index in [0.29, 0.717) is 18.3 Å². The number of nitrogen functional groups attached to an aromatic ring is 1. The Kier molecular flexibility index (Phi) is 4.14. The first kappa shape index (κ1) is 13.6. The number of piperidine rings is 1. The van der Waals surface area contributed by atoms with E-state index in [1.54, 1.807) is 23.9 Å². The molecule has 0 radical (unpaired) electrons. The number of pyridine rings is 1. The van der Waals surface area contributed by atoms with Crippen molar-refractivity contribution in [2.75, 3.05) is 25.1 Å². The van der Waals surface area contributed by atoms with Gasteiger partial charge in [0.2, 0.25) is 0 Å². The van der Waals surface area contributed by atoms with E-state index in [0.717, 1.165) is 12.8 Å². The predicted octanol–water partition coefficient (Wildman–Crippen LogP) is 1.18. The first-order valence-electron chi connectivity index (χ1n) is 5.79. The fourth-order valence-corrected chi connectivity index (χ4v) is 4.23. The molecule has 0 amide bonds. The van der Waals surface area contributed by atoms with Crippen molar-refractivity contribution in [3.05, 3.63) is 18.3 Å². The van der Waals surface area contributed by atoms with E-state index in [1.807, 2.05) is 0 Å². The number of nitrogens with two attached hydrogens (primary N) is 1.